The lowest BCUT2D eigenvalue weighted by atomic mass is 10.1. The van der Waals surface area contributed by atoms with Crippen molar-refractivity contribution in [1.29, 1.82) is 5.41 Å². The predicted octanol–water partition coefficient (Wildman–Crippen LogP) is 2.75. The second-order valence-electron chi connectivity index (χ2n) is 4.83. The van der Waals surface area contributed by atoms with Crippen molar-refractivity contribution in [3.8, 4) is 0 Å². The summed E-state index contributed by atoms with van der Waals surface area (Å²) in [6.45, 7) is 7.26. The highest BCUT2D eigenvalue weighted by Crippen LogP contribution is 2.30. The first-order valence-corrected chi connectivity index (χ1v) is 6.55. The molecular formula is C15H20N4. The summed E-state index contributed by atoms with van der Waals surface area (Å²) in [4.78, 5) is 6.64. The van der Waals surface area contributed by atoms with E-state index in [1.807, 2.05) is 24.3 Å². The van der Waals surface area contributed by atoms with Gasteiger partial charge in [-0.2, -0.15) is 0 Å². The molecule has 1 aromatic heterocycles. The predicted molar refractivity (Wildman–Crippen MR) is 80.9 cm³/mol. The number of fused-ring (bicyclic) bond motifs is 1. The van der Waals surface area contributed by atoms with Crippen LogP contribution in [0.2, 0.25) is 0 Å². The molecule has 2 rings (SSSR count). The SMILES string of the molecule is CCN(c1c(C(=N)N)cnc2ccccc12)C(C)C. The van der Waals surface area contributed by atoms with Gasteiger partial charge in [0, 0.05) is 24.2 Å². The molecule has 19 heavy (non-hydrogen) atoms. The molecule has 0 fully saturated rings. The van der Waals surface area contributed by atoms with Crippen molar-refractivity contribution < 1.29 is 0 Å². The van der Waals surface area contributed by atoms with Crippen molar-refractivity contribution in [1.82, 2.24) is 4.98 Å². The highest BCUT2D eigenvalue weighted by atomic mass is 15.2. The number of nitrogens with two attached hydrogens (primary N) is 1. The van der Waals surface area contributed by atoms with Crippen LogP contribution in [0.4, 0.5) is 5.69 Å². The van der Waals surface area contributed by atoms with E-state index in [-0.39, 0.29) is 5.84 Å². The fourth-order valence-corrected chi connectivity index (χ4v) is 2.41. The van der Waals surface area contributed by atoms with Crippen LogP contribution in [0.25, 0.3) is 10.9 Å². The lowest BCUT2D eigenvalue weighted by Crippen LogP contribution is -2.32. The normalized spacial score (nSPS) is 10.9. The van der Waals surface area contributed by atoms with Gasteiger partial charge in [0.1, 0.15) is 5.84 Å². The van der Waals surface area contributed by atoms with Gasteiger partial charge in [0.05, 0.1) is 16.8 Å². The third-order valence-corrected chi connectivity index (χ3v) is 3.29. The van der Waals surface area contributed by atoms with Crippen molar-refractivity contribution in [3.63, 3.8) is 0 Å². The molecule has 2 aromatic rings. The minimum atomic E-state index is 0.0624. The highest BCUT2D eigenvalue weighted by molar-refractivity contribution is 6.07. The first-order valence-electron chi connectivity index (χ1n) is 6.55. The van der Waals surface area contributed by atoms with Crippen LogP contribution in [0.5, 0.6) is 0 Å². The van der Waals surface area contributed by atoms with Crippen molar-refractivity contribution in [2.45, 2.75) is 26.8 Å². The van der Waals surface area contributed by atoms with Gasteiger partial charge in [0.15, 0.2) is 0 Å². The average Bonchev–Trinajstić information content (AvgIpc) is 2.39. The molecule has 0 aliphatic heterocycles. The first-order chi connectivity index (χ1) is 9.06. The summed E-state index contributed by atoms with van der Waals surface area (Å²) in [6.07, 6.45) is 1.70. The number of benzene rings is 1. The Morgan fingerprint density at radius 3 is 2.63 bits per heavy atom. The van der Waals surface area contributed by atoms with Gasteiger partial charge in [-0.15, -0.1) is 0 Å². The van der Waals surface area contributed by atoms with E-state index in [0.29, 0.717) is 11.6 Å². The molecule has 0 radical (unpaired) electrons. The van der Waals surface area contributed by atoms with Crippen LogP contribution in [0.1, 0.15) is 26.3 Å². The Morgan fingerprint density at radius 1 is 1.37 bits per heavy atom. The van der Waals surface area contributed by atoms with Crippen LogP contribution in [0.3, 0.4) is 0 Å². The molecule has 0 amide bonds. The van der Waals surface area contributed by atoms with Gasteiger partial charge in [-0.3, -0.25) is 10.4 Å². The topological polar surface area (TPSA) is 66.0 Å². The van der Waals surface area contributed by atoms with Gasteiger partial charge in [0.25, 0.3) is 0 Å². The van der Waals surface area contributed by atoms with Crippen LogP contribution >= 0.6 is 0 Å². The zero-order chi connectivity index (χ0) is 14.0. The zero-order valence-corrected chi connectivity index (χ0v) is 11.6. The van der Waals surface area contributed by atoms with Crippen LogP contribution in [0.15, 0.2) is 30.5 Å². The molecular weight excluding hydrogens is 236 g/mol. The van der Waals surface area contributed by atoms with E-state index in [9.17, 15) is 0 Å². The number of hydrogen-bond acceptors (Lipinski definition) is 3. The van der Waals surface area contributed by atoms with Gasteiger partial charge in [-0.25, -0.2) is 0 Å². The fourth-order valence-electron chi connectivity index (χ4n) is 2.41. The van der Waals surface area contributed by atoms with Crippen LogP contribution in [-0.4, -0.2) is 23.4 Å². The second-order valence-corrected chi connectivity index (χ2v) is 4.83. The van der Waals surface area contributed by atoms with E-state index >= 15 is 0 Å². The molecule has 0 spiro atoms. The largest absolute Gasteiger partial charge is 0.384 e. The van der Waals surface area contributed by atoms with Crippen LogP contribution in [-0.2, 0) is 0 Å². The molecule has 1 aromatic carbocycles. The number of nitrogen functional groups attached to an aromatic ring is 1. The van der Waals surface area contributed by atoms with E-state index in [2.05, 4.69) is 30.7 Å². The summed E-state index contributed by atoms with van der Waals surface area (Å²) in [7, 11) is 0. The van der Waals surface area contributed by atoms with E-state index in [4.69, 9.17) is 11.1 Å². The molecule has 0 bridgehead atoms. The monoisotopic (exact) mass is 256 g/mol. The lowest BCUT2D eigenvalue weighted by molar-refractivity contribution is 0.705. The molecule has 4 heteroatoms. The maximum Gasteiger partial charge on any atom is 0.126 e. The second kappa shape index (κ2) is 5.26. The Bertz CT molecular complexity index is 604. The Morgan fingerprint density at radius 2 is 2.05 bits per heavy atom. The summed E-state index contributed by atoms with van der Waals surface area (Å²) in [6, 6.07) is 8.32. The number of aromatic nitrogens is 1. The fraction of sp³-hybridized carbons (Fsp3) is 0.333. The molecule has 100 valence electrons. The quantitative estimate of drug-likeness (QED) is 0.653. The number of nitrogens with zero attached hydrogens (tertiary/aromatic N) is 2. The Labute approximate surface area is 113 Å². The van der Waals surface area contributed by atoms with Gasteiger partial charge in [-0.05, 0) is 26.8 Å². The van der Waals surface area contributed by atoms with Gasteiger partial charge in [0.2, 0.25) is 0 Å². The molecule has 0 saturated heterocycles. The number of pyridine rings is 1. The molecule has 0 saturated carbocycles. The number of anilines is 1. The van der Waals surface area contributed by atoms with E-state index in [0.717, 1.165) is 23.1 Å². The number of amidine groups is 1. The summed E-state index contributed by atoms with van der Waals surface area (Å²) < 4.78 is 0. The zero-order valence-electron chi connectivity index (χ0n) is 11.6. The number of hydrogen-bond donors (Lipinski definition) is 2. The van der Waals surface area contributed by atoms with Crippen molar-refractivity contribution >= 4 is 22.4 Å². The van der Waals surface area contributed by atoms with Crippen LogP contribution < -0.4 is 10.6 Å². The van der Waals surface area contributed by atoms with Crippen LogP contribution in [0, 0.1) is 5.41 Å². The third-order valence-electron chi connectivity index (χ3n) is 3.29. The Balaban J connectivity index is 2.79. The summed E-state index contributed by atoms with van der Waals surface area (Å²) in [5.74, 6) is 0.0624. The maximum atomic E-state index is 7.77. The first kappa shape index (κ1) is 13.3. The molecule has 0 unspecified atom stereocenters. The van der Waals surface area contributed by atoms with E-state index < -0.39 is 0 Å². The van der Waals surface area contributed by atoms with Gasteiger partial charge in [-0.1, -0.05) is 18.2 Å². The van der Waals surface area contributed by atoms with Crippen molar-refractivity contribution in [2.24, 2.45) is 5.73 Å². The van der Waals surface area contributed by atoms with Crippen molar-refractivity contribution in [3.05, 3.63) is 36.0 Å². The molecule has 0 aliphatic carbocycles. The van der Waals surface area contributed by atoms with Gasteiger partial charge < -0.3 is 10.6 Å². The molecule has 1 heterocycles. The van der Waals surface area contributed by atoms with E-state index in [1.54, 1.807) is 6.20 Å². The van der Waals surface area contributed by atoms with Gasteiger partial charge >= 0.3 is 0 Å². The molecule has 0 aliphatic rings. The Kier molecular flexibility index (Phi) is 3.69. The third kappa shape index (κ3) is 2.38. The van der Waals surface area contributed by atoms with Crippen molar-refractivity contribution in [2.75, 3.05) is 11.4 Å². The molecule has 0 atom stereocenters. The lowest BCUT2D eigenvalue weighted by Gasteiger charge is -2.30. The average molecular weight is 256 g/mol. The highest BCUT2D eigenvalue weighted by Gasteiger charge is 2.18. The standard InChI is InChI=1S/C15H20N4/c1-4-19(10(2)3)14-11-7-5-6-8-13(11)18-9-12(14)15(16)17/h5-10H,4H2,1-3H3,(H3,16,17). The summed E-state index contributed by atoms with van der Waals surface area (Å²) >= 11 is 0. The summed E-state index contributed by atoms with van der Waals surface area (Å²) in [5.41, 5.74) is 8.36. The Hall–Kier alpha value is -2.10. The number of rotatable bonds is 4. The van der Waals surface area contributed by atoms with E-state index in [1.165, 1.54) is 0 Å². The number of para-hydroxylation sites is 1. The molecule has 4 nitrogen and oxygen atoms in total. The minimum Gasteiger partial charge on any atom is -0.384 e. The number of nitrogens with one attached hydrogen (secondary N) is 1. The molecule has 3 N–H and O–H groups in total. The maximum absolute atomic E-state index is 7.77. The smallest absolute Gasteiger partial charge is 0.126 e. The summed E-state index contributed by atoms with van der Waals surface area (Å²) in [5, 5.41) is 8.82. The minimum absolute atomic E-state index is 0.0624.